The van der Waals surface area contributed by atoms with Gasteiger partial charge in [-0.1, -0.05) is 6.07 Å². The van der Waals surface area contributed by atoms with Crippen LogP contribution < -0.4 is 4.74 Å². The van der Waals surface area contributed by atoms with Gasteiger partial charge in [-0.15, -0.1) is 0 Å². The number of aromatic carboxylic acids is 1. The van der Waals surface area contributed by atoms with Gasteiger partial charge in [0.2, 0.25) is 0 Å². The fourth-order valence-corrected chi connectivity index (χ4v) is 0.756. The van der Waals surface area contributed by atoms with Crippen molar-refractivity contribution in [2.45, 2.75) is 0 Å². The van der Waals surface area contributed by atoms with E-state index in [9.17, 15) is 4.79 Å². The van der Waals surface area contributed by atoms with Crippen LogP contribution in [0.5, 0.6) is 5.75 Å². The third-order valence-electron chi connectivity index (χ3n) is 1.32. The molecule has 0 aliphatic carbocycles. The first-order valence-corrected chi connectivity index (χ1v) is 3.11. The van der Waals surface area contributed by atoms with E-state index in [-0.39, 0.29) is 35.1 Å². The van der Waals surface area contributed by atoms with E-state index in [0.717, 1.165) is 0 Å². The molecule has 0 saturated heterocycles. The summed E-state index contributed by atoms with van der Waals surface area (Å²) in [5, 5.41) is 8.55. The third kappa shape index (κ3) is 2.85. The molecule has 12 heavy (non-hydrogen) atoms. The summed E-state index contributed by atoms with van der Waals surface area (Å²) in [7, 11) is 1.50. The van der Waals surface area contributed by atoms with Crippen LogP contribution in [0, 0.1) is 0 Å². The number of carboxylic acids is 1. The fourth-order valence-electron chi connectivity index (χ4n) is 0.756. The van der Waals surface area contributed by atoms with Gasteiger partial charge in [0.05, 0.1) is 12.7 Å². The summed E-state index contributed by atoms with van der Waals surface area (Å²) in [5.41, 5.74) is 0.240. The fraction of sp³-hybridized carbons (Fsp3) is 0.125. The zero-order valence-corrected chi connectivity index (χ0v) is 6.07. The summed E-state index contributed by atoms with van der Waals surface area (Å²) in [6.45, 7) is 0. The van der Waals surface area contributed by atoms with Gasteiger partial charge in [0, 0.05) is 0 Å². The molecule has 0 atom stereocenters. The molecule has 0 aromatic heterocycles. The number of methoxy groups -OCH3 is 1. The standard InChI is InChI=1S/C8H8O3.Na.H/c1-11-7-4-2-3-6(5-7)8(9)10;;/h2-5H,1H3,(H,9,10);;. The van der Waals surface area contributed by atoms with Crippen molar-refractivity contribution in [1.29, 1.82) is 0 Å². The molecule has 3 nitrogen and oxygen atoms in total. The molecule has 0 spiro atoms. The van der Waals surface area contributed by atoms with Crippen LogP contribution in [-0.4, -0.2) is 47.7 Å². The van der Waals surface area contributed by atoms with Crippen molar-refractivity contribution in [2.75, 3.05) is 7.11 Å². The Kier molecular flexibility index (Phi) is 4.97. The maximum atomic E-state index is 10.4. The molecule has 0 saturated carbocycles. The summed E-state index contributed by atoms with van der Waals surface area (Å²) >= 11 is 0. The Labute approximate surface area is 92.6 Å². The molecule has 0 radical (unpaired) electrons. The summed E-state index contributed by atoms with van der Waals surface area (Å²) < 4.78 is 4.84. The molecule has 0 aliphatic heterocycles. The molecule has 0 aliphatic rings. The number of ether oxygens (including phenoxy) is 1. The Hall–Kier alpha value is -0.510. The molecular formula is C8H9NaO3. The van der Waals surface area contributed by atoms with E-state index in [2.05, 4.69) is 0 Å². The Balaban J connectivity index is 0.00000121. The van der Waals surface area contributed by atoms with Gasteiger partial charge in [0.15, 0.2) is 0 Å². The SMILES string of the molecule is COc1cccc(C(=O)O)c1.[NaH]. The first-order valence-electron chi connectivity index (χ1n) is 3.11. The number of benzene rings is 1. The van der Waals surface area contributed by atoms with Gasteiger partial charge < -0.3 is 9.84 Å². The summed E-state index contributed by atoms with van der Waals surface area (Å²) in [5.74, 6) is -0.381. The zero-order valence-electron chi connectivity index (χ0n) is 6.07. The number of carbonyl (C=O) groups is 1. The molecule has 0 heterocycles. The van der Waals surface area contributed by atoms with Crippen molar-refractivity contribution in [2.24, 2.45) is 0 Å². The molecule has 60 valence electrons. The van der Waals surface area contributed by atoms with Gasteiger partial charge in [-0.05, 0) is 18.2 Å². The summed E-state index contributed by atoms with van der Waals surface area (Å²) in [6.07, 6.45) is 0. The number of hydrogen-bond acceptors (Lipinski definition) is 2. The van der Waals surface area contributed by atoms with Gasteiger partial charge >= 0.3 is 35.5 Å². The van der Waals surface area contributed by atoms with Crippen molar-refractivity contribution in [1.82, 2.24) is 0 Å². The second-order valence-corrected chi connectivity index (χ2v) is 2.04. The monoisotopic (exact) mass is 176 g/mol. The Morgan fingerprint density at radius 2 is 2.17 bits per heavy atom. The predicted molar refractivity (Wildman–Crippen MR) is 47.1 cm³/mol. The first-order chi connectivity index (χ1) is 5.24. The van der Waals surface area contributed by atoms with Crippen LogP contribution in [0.1, 0.15) is 10.4 Å². The Morgan fingerprint density at radius 1 is 1.50 bits per heavy atom. The number of rotatable bonds is 2. The van der Waals surface area contributed by atoms with Gasteiger partial charge in [-0.3, -0.25) is 0 Å². The van der Waals surface area contributed by atoms with Crippen molar-refractivity contribution >= 4 is 35.5 Å². The second kappa shape index (κ2) is 5.19. The van der Waals surface area contributed by atoms with Crippen LogP contribution in [0.2, 0.25) is 0 Å². The van der Waals surface area contributed by atoms with Crippen molar-refractivity contribution in [3.63, 3.8) is 0 Å². The predicted octanol–water partition coefficient (Wildman–Crippen LogP) is 0.745. The van der Waals surface area contributed by atoms with E-state index < -0.39 is 5.97 Å². The molecule has 0 fully saturated rings. The molecule has 1 rings (SSSR count). The van der Waals surface area contributed by atoms with Crippen LogP contribution in [0.4, 0.5) is 0 Å². The molecule has 1 aromatic carbocycles. The molecule has 4 heteroatoms. The van der Waals surface area contributed by atoms with Gasteiger partial charge in [0.25, 0.3) is 0 Å². The average Bonchev–Trinajstić information content (AvgIpc) is 2.05. The van der Waals surface area contributed by atoms with Crippen LogP contribution >= 0.6 is 0 Å². The molecule has 1 N–H and O–H groups in total. The minimum absolute atomic E-state index is 0. The number of carboxylic acid groups (broad SMARTS) is 1. The molecule has 0 bridgehead atoms. The van der Waals surface area contributed by atoms with Crippen molar-refractivity contribution in [3.05, 3.63) is 29.8 Å². The van der Waals surface area contributed by atoms with E-state index in [1.807, 2.05) is 0 Å². The van der Waals surface area contributed by atoms with Gasteiger partial charge in [-0.25, -0.2) is 4.79 Å². The zero-order chi connectivity index (χ0) is 8.27. The first kappa shape index (κ1) is 11.5. The normalized spacial score (nSPS) is 8.42. The second-order valence-electron chi connectivity index (χ2n) is 2.04. The van der Waals surface area contributed by atoms with Gasteiger partial charge in [-0.2, -0.15) is 0 Å². The van der Waals surface area contributed by atoms with E-state index in [1.165, 1.54) is 19.2 Å². The van der Waals surface area contributed by atoms with Gasteiger partial charge in [0.1, 0.15) is 5.75 Å². The van der Waals surface area contributed by atoms with Crippen molar-refractivity contribution < 1.29 is 14.6 Å². The van der Waals surface area contributed by atoms with E-state index in [1.54, 1.807) is 12.1 Å². The quantitative estimate of drug-likeness (QED) is 0.676. The topological polar surface area (TPSA) is 46.5 Å². The van der Waals surface area contributed by atoms with E-state index >= 15 is 0 Å². The third-order valence-corrected chi connectivity index (χ3v) is 1.32. The van der Waals surface area contributed by atoms with E-state index in [0.29, 0.717) is 5.75 Å². The summed E-state index contributed by atoms with van der Waals surface area (Å²) in [4.78, 5) is 10.4. The van der Waals surface area contributed by atoms with Crippen LogP contribution in [-0.2, 0) is 0 Å². The Morgan fingerprint density at radius 3 is 2.67 bits per heavy atom. The van der Waals surface area contributed by atoms with Crippen molar-refractivity contribution in [3.8, 4) is 5.75 Å². The summed E-state index contributed by atoms with van der Waals surface area (Å²) in [6, 6.07) is 6.34. The van der Waals surface area contributed by atoms with E-state index in [4.69, 9.17) is 9.84 Å². The van der Waals surface area contributed by atoms with Crippen LogP contribution in [0.25, 0.3) is 0 Å². The Bertz CT molecular complexity index is 273. The number of hydrogen-bond donors (Lipinski definition) is 1. The molecule has 0 amide bonds. The average molecular weight is 176 g/mol. The van der Waals surface area contributed by atoms with Crippen LogP contribution in [0.3, 0.4) is 0 Å². The van der Waals surface area contributed by atoms with Crippen LogP contribution in [0.15, 0.2) is 24.3 Å². The maximum absolute atomic E-state index is 10.4. The minimum atomic E-state index is -0.941. The molecule has 0 unspecified atom stereocenters. The molecular weight excluding hydrogens is 167 g/mol. The molecule has 1 aromatic rings.